The molecule has 0 heterocycles. The van der Waals surface area contributed by atoms with Gasteiger partial charge in [0.05, 0.1) is 0 Å². The first-order chi connectivity index (χ1) is 4.66. The molecule has 0 unspecified atom stereocenters. The molecule has 0 fully saturated rings. The Hall–Kier alpha value is -0.850. The highest BCUT2D eigenvalue weighted by Crippen LogP contribution is 2.00. The molecule has 0 bridgehead atoms. The highest BCUT2D eigenvalue weighted by atomic mass is 14.3. The second-order valence-corrected chi connectivity index (χ2v) is 2.61. The number of allylic oxidation sites excluding steroid dienone is 4. The predicted molar refractivity (Wildman–Crippen MR) is 46.6 cm³/mol. The van der Waals surface area contributed by atoms with Crippen molar-refractivity contribution < 1.29 is 0 Å². The van der Waals surface area contributed by atoms with Crippen molar-refractivity contribution in [1.29, 1.82) is 5.41 Å². The van der Waals surface area contributed by atoms with Gasteiger partial charge in [0, 0.05) is 6.42 Å². The third-order valence-electron chi connectivity index (χ3n) is 1.07. The van der Waals surface area contributed by atoms with Crippen molar-refractivity contribution in [2.45, 2.75) is 27.2 Å². The van der Waals surface area contributed by atoms with Gasteiger partial charge in [-0.3, -0.25) is 0 Å². The molecule has 1 heteroatoms. The summed E-state index contributed by atoms with van der Waals surface area (Å²) in [5.74, 6) is 0. The molecule has 0 saturated heterocycles. The first-order valence-electron chi connectivity index (χ1n) is 3.47. The van der Waals surface area contributed by atoms with E-state index in [1.807, 2.05) is 6.08 Å². The molecule has 0 radical (unpaired) electrons. The average molecular weight is 137 g/mol. The summed E-state index contributed by atoms with van der Waals surface area (Å²) < 4.78 is 0. The second kappa shape index (κ2) is 4.98. The van der Waals surface area contributed by atoms with Crippen LogP contribution in [0.15, 0.2) is 23.3 Å². The Morgan fingerprint density at radius 1 is 1.30 bits per heavy atom. The first kappa shape index (κ1) is 9.15. The summed E-state index contributed by atoms with van der Waals surface area (Å²) in [6.07, 6.45) is 6.31. The monoisotopic (exact) mass is 137 g/mol. The van der Waals surface area contributed by atoms with Gasteiger partial charge in [-0.15, -0.1) is 0 Å². The molecule has 0 atom stereocenters. The van der Waals surface area contributed by atoms with E-state index in [9.17, 15) is 0 Å². The largest absolute Gasteiger partial charge is 0.313 e. The third-order valence-corrected chi connectivity index (χ3v) is 1.07. The lowest BCUT2D eigenvalue weighted by Gasteiger charge is -1.91. The van der Waals surface area contributed by atoms with E-state index in [-0.39, 0.29) is 0 Å². The molecule has 0 aliphatic heterocycles. The zero-order chi connectivity index (χ0) is 7.98. The van der Waals surface area contributed by atoms with Crippen LogP contribution >= 0.6 is 0 Å². The van der Waals surface area contributed by atoms with Crippen LogP contribution in [0.2, 0.25) is 0 Å². The van der Waals surface area contributed by atoms with Gasteiger partial charge in [0.25, 0.3) is 0 Å². The van der Waals surface area contributed by atoms with Crippen molar-refractivity contribution in [2.75, 3.05) is 0 Å². The maximum atomic E-state index is 6.79. The summed E-state index contributed by atoms with van der Waals surface area (Å²) >= 11 is 0. The lowest BCUT2D eigenvalue weighted by Crippen LogP contribution is -1.73. The molecule has 0 spiro atoms. The maximum absolute atomic E-state index is 6.79. The van der Waals surface area contributed by atoms with Crippen molar-refractivity contribution in [3.8, 4) is 0 Å². The topological polar surface area (TPSA) is 23.9 Å². The van der Waals surface area contributed by atoms with E-state index in [0.29, 0.717) is 0 Å². The van der Waals surface area contributed by atoms with Crippen LogP contribution in [0.25, 0.3) is 0 Å². The van der Waals surface area contributed by atoms with E-state index < -0.39 is 0 Å². The molecule has 1 nitrogen and oxygen atoms in total. The van der Waals surface area contributed by atoms with Crippen molar-refractivity contribution in [3.05, 3.63) is 23.3 Å². The fraction of sp³-hybridized carbons (Fsp3) is 0.444. The molecule has 56 valence electrons. The van der Waals surface area contributed by atoms with Gasteiger partial charge in [-0.2, -0.15) is 0 Å². The van der Waals surface area contributed by atoms with Gasteiger partial charge < -0.3 is 5.41 Å². The molecule has 1 N–H and O–H groups in total. The minimum atomic E-state index is 0.746. The number of rotatable bonds is 3. The Morgan fingerprint density at radius 3 is 2.30 bits per heavy atom. The summed E-state index contributed by atoms with van der Waals surface area (Å²) in [6.45, 7) is 6.19. The Balaban J connectivity index is 3.94. The summed E-state index contributed by atoms with van der Waals surface area (Å²) in [5, 5.41) is 6.79. The fourth-order valence-electron chi connectivity index (χ4n) is 0.759. The first-order valence-corrected chi connectivity index (χ1v) is 3.47. The van der Waals surface area contributed by atoms with Crippen LogP contribution in [0.3, 0.4) is 0 Å². The predicted octanol–water partition coefficient (Wildman–Crippen LogP) is 2.94. The molecular weight excluding hydrogens is 122 g/mol. The van der Waals surface area contributed by atoms with E-state index in [2.05, 4.69) is 26.8 Å². The van der Waals surface area contributed by atoms with Gasteiger partial charge in [-0.1, -0.05) is 23.3 Å². The Morgan fingerprint density at radius 2 is 1.90 bits per heavy atom. The van der Waals surface area contributed by atoms with E-state index in [1.165, 1.54) is 17.4 Å². The zero-order valence-electron chi connectivity index (χ0n) is 6.94. The van der Waals surface area contributed by atoms with E-state index in [4.69, 9.17) is 5.41 Å². The molecule has 0 aromatic rings. The van der Waals surface area contributed by atoms with Gasteiger partial charge in [0.1, 0.15) is 0 Å². The second-order valence-electron chi connectivity index (χ2n) is 2.61. The molecule has 0 aliphatic carbocycles. The van der Waals surface area contributed by atoms with Crippen LogP contribution in [-0.4, -0.2) is 6.21 Å². The van der Waals surface area contributed by atoms with Crippen LogP contribution in [0, 0.1) is 5.41 Å². The smallest absolute Gasteiger partial charge is 0.000554 e. The molecule has 0 aromatic heterocycles. The van der Waals surface area contributed by atoms with E-state index in [0.717, 1.165) is 6.42 Å². The lowest BCUT2D eigenvalue weighted by atomic mass is 10.2. The van der Waals surface area contributed by atoms with Crippen molar-refractivity contribution in [3.63, 3.8) is 0 Å². The maximum Gasteiger partial charge on any atom is 0.000554 e. The Bertz CT molecular complexity index is 160. The molecule has 0 amide bonds. The standard InChI is InChI=1S/C9H15N/c1-8(2)7-9(3)5-4-6-10/h5-7,10H,4H2,1-3H3/b9-5+,10-6?. The average Bonchev–Trinajstić information content (AvgIpc) is 1.82. The van der Waals surface area contributed by atoms with Crippen LogP contribution in [0.4, 0.5) is 0 Å². The minimum absolute atomic E-state index is 0.746. The van der Waals surface area contributed by atoms with Crippen LogP contribution in [0.1, 0.15) is 27.2 Å². The van der Waals surface area contributed by atoms with Crippen molar-refractivity contribution >= 4 is 6.21 Å². The van der Waals surface area contributed by atoms with Crippen molar-refractivity contribution in [1.82, 2.24) is 0 Å². The normalized spacial score (nSPS) is 10.9. The van der Waals surface area contributed by atoms with E-state index in [1.54, 1.807) is 0 Å². The molecule has 0 rings (SSSR count). The summed E-state index contributed by atoms with van der Waals surface area (Å²) in [7, 11) is 0. The molecular formula is C9H15N. The highest BCUT2D eigenvalue weighted by molar-refractivity contribution is 5.55. The third kappa shape index (κ3) is 5.29. The zero-order valence-corrected chi connectivity index (χ0v) is 6.94. The Kier molecular flexibility index (Phi) is 4.55. The summed E-state index contributed by atoms with van der Waals surface area (Å²) in [4.78, 5) is 0. The Labute approximate surface area is 63.0 Å². The number of hydrogen-bond acceptors (Lipinski definition) is 1. The molecule has 0 aromatic carbocycles. The number of hydrogen-bond donors (Lipinski definition) is 1. The van der Waals surface area contributed by atoms with E-state index >= 15 is 0 Å². The van der Waals surface area contributed by atoms with Gasteiger partial charge in [0.2, 0.25) is 0 Å². The van der Waals surface area contributed by atoms with Crippen molar-refractivity contribution in [2.24, 2.45) is 0 Å². The van der Waals surface area contributed by atoms with Crippen LogP contribution in [-0.2, 0) is 0 Å². The molecule has 0 saturated carbocycles. The van der Waals surface area contributed by atoms with Crippen LogP contribution in [0.5, 0.6) is 0 Å². The summed E-state index contributed by atoms with van der Waals surface area (Å²) in [6, 6.07) is 0. The van der Waals surface area contributed by atoms with Gasteiger partial charge in [-0.25, -0.2) is 0 Å². The number of nitrogens with one attached hydrogen (secondary N) is 1. The minimum Gasteiger partial charge on any atom is -0.313 e. The fourth-order valence-corrected chi connectivity index (χ4v) is 0.759. The quantitative estimate of drug-likeness (QED) is 0.457. The van der Waals surface area contributed by atoms with Gasteiger partial charge in [0.15, 0.2) is 0 Å². The molecule has 10 heavy (non-hydrogen) atoms. The summed E-state index contributed by atoms with van der Waals surface area (Å²) in [5.41, 5.74) is 2.54. The van der Waals surface area contributed by atoms with Gasteiger partial charge >= 0.3 is 0 Å². The van der Waals surface area contributed by atoms with Crippen LogP contribution < -0.4 is 0 Å². The molecule has 0 aliphatic rings. The van der Waals surface area contributed by atoms with Gasteiger partial charge in [-0.05, 0) is 27.0 Å². The highest BCUT2D eigenvalue weighted by Gasteiger charge is 1.80. The lowest BCUT2D eigenvalue weighted by molar-refractivity contribution is 1.32. The SMILES string of the molecule is CC(C)=C/C(C)=C/CC=N.